The minimum atomic E-state index is -0.344. The van der Waals surface area contributed by atoms with Crippen LogP contribution in [0.25, 0.3) is 0 Å². The minimum Gasteiger partial charge on any atom is -0.490 e. The van der Waals surface area contributed by atoms with Crippen LogP contribution >= 0.6 is 31.9 Å². The fourth-order valence-corrected chi connectivity index (χ4v) is 3.65. The summed E-state index contributed by atoms with van der Waals surface area (Å²) in [6.45, 7) is 5.22. The second-order valence-electron chi connectivity index (χ2n) is 6.83. The Morgan fingerprint density at radius 2 is 1.58 bits per heavy atom. The molecule has 0 saturated heterocycles. The van der Waals surface area contributed by atoms with Crippen molar-refractivity contribution in [3.8, 4) is 17.2 Å². The van der Waals surface area contributed by atoms with E-state index in [2.05, 4.69) is 42.4 Å². The highest BCUT2D eigenvalue weighted by Crippen LogP contribution is 2.29. The first-order valence-corrected chi connectivity index (χ1v) is 12.0. The molecule has 0 aliphatic rings. The number of hydrogen-bond donors (Lipinski definition) is 1. The lowest BCUT2D eigenvalue weighted by atomic mass is 10.2. The Morgan fingerprint density at radius 1 is 0.879 bits per heavy atom. The molecule has 0 unspecified atom stereocenters. The van der Waals surface area contributed by atoms with E-state index in [9.17, 15) is 4.79 Å². The average molecular weight is 576 g/mol. The first kappa shape index (κ1) is 24.8. The Hall–Kier alpha value is -2.84. The Morgan fingerprint density at radius 3 is 2.27 bits per heavy atom. The smallest absolute Gasteiger partial charge is 0.271 e. The average Bonchev–Trinajstić information content (AvgIpc) is 2.81. The largest absolute Gasteiger partial charge is 0.490 e. The van der Waals surface area contributed by atoms with Crippen LogP contribution in [0.3, 0.4) is 0 Å². The summed E-state index contributed by atoms with van der Waals surface area (Å²) in [6.07, 6.45) is 1.57. The van der Waals surface area contributed by atoms with Crippen LogP contribution in [-0.4, -0.2) is 25.3 Å². The Labute approximate surface area is 210 Å². The first-order valence-electron chi connectivity index (χ1n) is 10.4. The monoisotopic (exact) mass is 574 g/mol. The normalized spacial score (nSPS) is 10.8. The molecule has 8 heteroatoms. The van der Waals surface area contributed by atoms with Crippen molar-refractivity contribution < 1.29 is 19.0 Å². The van der Waals surface area contributed by atoms with Gasteiger partial charge in [0.15, 0.2) is 11.5 Å². The maximum atomic E-state index is 12.5. The molecule has 1 amide bonds. The number of carbonyl (C=O) groups excluding carboxylic acids is 1. The standard InChI is InChI=1S/C25H24Br2N2O4/c1-3-31-23-12-8-19(14-24(23)32-4-2)25(30)29-28-15-18-7-11-22(21(27)13-18)33-16-17-5-9-20(26)10-6-17/h5-15H,3-4,16H2,1-2H3,(H,29,30)/b28-15+. The molecule has 0 aromatic heterocycles. The Balaban J connectivity index is 1.59. The molecule has 0 bridgehead atoms. The van der Waals surface area contributed by atoms with Crippen molar-refractivity contribution in [2.75, 3.05) is 13.2 Å². The van der Waals surface area contributed by atoms with Gasteiger partial charge in [0.25, 0.3) is 5.91 Å². The number of halogens is 2. The lowest BCUT2D eigenvalue weighted by Gasteiger charge is -2.11. The van der Waals surface area contributed by atoms with Crippen LogP contribution in [0.1, 0.15) is 35.3 Å². The van der Waals surface area contributed by atoms with Crippen molar-refractivity contribution in [1.82, 2.24) is 5.43 Å². The molecule has 33 heavy (non-hydrogen) atoms. The van der Waals surface area contributed by atoms with E-state index in [1.54, 1.807) is 24.4 Å². The van der Waals surface area contributed by atoms with Crippen molar-refractivity contribution in [2.24, 2.45) is 5.10 Å². The third-order valence-electron chi connectivity index (χ3n) is 4.45. The third kappa shape index (κ3) is 7.33. The molecular weight excluding hydrogens is 552 g/mol. The summed E-state index contributed by atoms with van der Waals surface area (Å²) in [4.78, 5) is 12.5. The molecule has 0 spiro atoms. The molecule has 6 nitrogen and oxygen atoms in total. The van der Waals surface area contributed by atoms with Gasteiger partial charge in [0.2, 0.25) is 0 Å². The van der Waals surface area contributed by atoms with Gasteiger partial charge >= 0.3 is 0 Å². The summed E-state index contributed by atoms with van der Waals surface area (Å²) in [6, 6.07) is 18.6. The zero-order valence-corrected chi connectivity index (χ0v) is 21.5. The molecule has 0 radical (unpaired) electrons. The van der Waals surface area contributed by atoms with Gasteiger partial charge in [-0.05, 0) is 89.4 Å². The van der Waals surface area contributed by atoms with Gasteiger partial charge in [-0.15, -0.1) is 0 Å². The predicted molar refractivity (Wildman–Crippen MR) is 136 cm³/mol. The second kappa shape index (κ2) is 12.4. The molecular formula is C25H24Br2N2O4. The van der Waals surface area contributed by atoms with Crippen LogP contribution in [0.5, 0.6) is 17.2 Å². The zero-order chi connectivity index (χ0) is 23.6. The molecule has 1 N–H and O–H groups in total. The van der Waals surface area contributed by atoms with E-state index in [1.807, 2.05) is 56.3 Å². The maximum absolute atomic E-state index is 12.5. The van der Waals surface area contributed by atoms with Crippen LogP contribution in [0.4, 0.5) is 0 Å². The van der Waals surface area contributed by atoms with Crippen molar-refractivity contribution in [3.05, 3.63) is 86.3 Å². The van der Waals surface area contributed by atoms with Gasteiger partial charge in [0.05, 0.1) is 23.9 Å². The van der Waals surface area contributed by atoms with Gasteiger partial charge in [0, 0.05) is 10.0 Å². The number of benzene rings is 3. The summed E-state index contributed by atoms with van der Waals surface area (Å²) >= 11 is 6.95. The Bertz CT molecular complexity index is 1120. The molecule has 3 aromatic rings. The van der Waals surface area contributed by atoms with Crippen LogP contribution in [0.15, 0.2) is 74.7 Å². The highest BCUT2D eigenvalue weighted by atomic mass is 79.9. The number of nitrogens with one attached hydrogen (secondary N) is 1. The molecule has 172 valence electrons. The summed E-state index contributed by atoms with van der Waals surface area (Å²) in [5.74, 6) is 1.51. The number of hydrogen-bond acceptors (Lipinski definition) is 5. The highest BCUT2D eigenvalue weighted by Gasteiger charge is 2.11. The SMILES string of the molecule is CCOc1ccc(C(=O)N/N=C/c2ccc(OCc3ccc(Br)cc3)c(Br)c2)cc1OCC. The zero-order valence-electron chi connectivity index (χ0n) is 18.3. The van der Waals surface area contributed by atoms with Gasteiger partial charge in [-0.1, -0.05) is 28.1 Å². The van der Waals surface area contributed by atoms with Crippen LogP contribution in [-0.2, 0) is 6.61 Å². The molecule has 0 aliphatic carbocycles. The van der Waals surface area contributed by atoms with E-state index in [1.165, 1.54) is 0 Å². The fourth-order valence-electron chi connectivity index (χ4n) is 2.88. The summed E-state index contributed by atoms with van der Waals surface area (Å²) in [5.41, 5.74) is 4.84. The second-order valence-corrected chi connectivity index (χ2v) is 8.60. The van der Waals surface area contributed by atoms with E-state index in [0.717, 1.165) is 25.8 Å². The van der Waals surface area contributed by atoms with E-state index in [4.69, 9.17) is 14.2 Å². The maximum Gasteiger partial charge on any atom is 0.271 e. The van der Waals surface area contributed by atoms with Crippen LogP contribution in [0.2, 0.25) is 0 Å². The van der Waals surface area contributed by atoms with E-state index in [0.29, 0.717) is 36.9 Å². The molecule has 0 aliphatic heterocycles. The molecule has 0 atom stereocenters. The van der Waals surface area contributed by atoms with Gasteiger partial charge in [-0.2, -0.15) is 5.10 Å². The fraction of sp³-hybridized carbons (Fsp3) is 0.200. The van der Waals surface area contributed by atoms with Gasteiger partial charge in [0.1, 0.15) is 12.4 Å². The van der Waals surface area contributed by atoms with E-state index >= 15 is 0 Å². The van der Waals surface area contributed by atoms with Crippen molar-refractivity contribution >= 4 is 44.0 Å². The third-order valence-corrected chi connectivity index (χ3v) is 5.60. The summed E-state index contributed by atoms with van der Waals surface area (Å²) in [5, 5.41) is 4.06. The topological polar surface area (TPSA) is 69.2 Å². The Kier molecular flexibility index (Phi) is 9.33. The van der Waals surface area contributed by atoms with E-state index in [-0.39, 0.29) is 5.91 Å². The van der Waals surface area contributed by atoms with Crippen LogP contribution < -0.4 is 19.6 Å². The molecule has 3 rings (SSSR count). The number of carbonyl (C=O) groups is 1. The minimum absolute atomic E-state index is 0.344. The number of nitrogens with zero attached hydrogens (tertiary/aromatic N) is 1. The summed E-state index contributed by atoms with van der Waals surface area (Å²) in [7, 11) is 0. The lowest BCUT2D eigenvalue weighted by molar-refractivity contribution is 0.0954. The van der Waals surface area contributed by atoms with Gasteiger partial charge < -0.3 is 14.2 Å². The lowest BCUT2D eigenvalue weighted by Crippen LogP contribution is -2.17. The van der Waals surface area contributed by atoms with Gasteiger partial charge in [-0.3, -0.25) is 4.79 Å². The van der Waals surface area contributed by atoms with Crippen molar-refractivity contribution in [3.63, 3.8) is 0 Å². The number of rotatable bonds is 10. The molecule has 0 saturated carbocycles. The quantitative estimate of drug-likeness (QED) is 0.226. The highest BCUT2D eigenvalue weighted by molar-refractivity contribution is 9.10. The van der Waals surface area contributed by atoms with Crippen molar-refractivity contribution in [2.45, 2.75) is 20.5 Å². The first-order chi connectivity index (χ1) is 16.0. The van der Waals surface area contributed by atoms with Crippen LogP contribution in [0, 0.1) is 0 Å². The molecule has 0 fully saturated rings. The van der Waals surface area contributed by atoms with Gasteiger partial charge in [-0.25, -0.2) is 5.43 Å². The predicted octanol–water partition coefficient (Wildman–Crippen LogP) is 6.35. The summed E-state index contributed by atoms with van der Waals surface area (Å²) < 4.78 is 18.8. The van der Waals surface area contributed by atoms with E-state index < -0.39 is 0 Å². The van der Waals surface area contributed by atoms with Crippen molar-refractivity contribution in [1.29, 1.82) is 0 Å². The number of hydrazone groups is 1. The number of ether oxygens (including phenoxy) is 3. The number of amides is 1. The molecule has 3 aromatic carbocycles. The molecule has 0 heterocycles.